The Balaban J connectivity index is 3.21. The fourth-order valence-corrected chi connectivity index (χ4v) is 2.29. The van der Waals surface area contributed by atoms with Crippen LogP contribution in [0.5, 0.6) is 0 Å². The number of para-hydroxylation sites is 1. The van der Waals surface area contributed by atoms with Crippen molar-refractivity contribution < 1.29 is 9.53 Å². The standard InChI is InChI=1S/C14H20ClNO2/c1-10-6-5-7-11(2)14(10)16(13(17)8-15)12(3)9-18-4/h5-7,12H,8-9H2,1-4H3/t12-/m0/s1. The van der Waals surface area contributed by atoms with Crippen LogP contribution < -0.4 is 4.90 Å². The van der Waals surface area contributed by atoms with E-state index in [0.717, 1.165) is 16.8 Å². The van der Waals surface area contributed by atoms with Crippen molar-refractivity contribution >= 4 is 23.2 Å². The van der Waals surface area contributed by atoms with Crippen LogP contribution in [0.25, 0.3) is 0 Å². The molecule has 0 bridgehead atoms. The van der Waals surface area contributed by atoms with Gasteiger partial charge in [0.2, 0.25) is 5.91 Å². The molecular formula is C14H20ClNO2. The van der Waals surface area contributed by atoms with Gasteiger partial charge in [-0.3, -0.25) is 4.79 Å². The molecule has 1 aromatic carbocycles. The van der Waals surface area contributed by atoms with Crippen LogP contribution in [0, 0.1) is 13.8 Å². The highest BCUT2D eigenvalue weighted by molar-refractivity contribution is 6.29. The topological polar surface area (TPSA) is 29.5 Å². The van der Waals surface area contributed by atoms with Crippen molar-refractivity contribution in [3.05, 3.63) is 29.3 Å². The number of methoxy groups -OCH3 is 1. The third-order valence-corrected chi connectivity index (χ3v) is 3.14. The second kappa shape index (κ2) is 6.76. The van der Waals surface area contributed by atoms with Gasteiger partial charge in [-0.15, -0.1) is 11.6 Å². The summed E-state index contributed by atoms with van der Waals surface area (Å²) in [6, 6.07) is 5.94. The van der Waals surface area contributed by atoms with Gasteiger partial charge in [-0.05, 0) is 31.9 Å². The maximum absolute atomic E-state index is 12.1. The van der Waals surface area contributed by atoms with Crippen LogP contribution in [-0.2, 0) is 9.53 Å². The number of anilines is 1. The number of benzene rings is 1. The number of hydrogen-bond acceptors (Lipinski definition) is 2. The van der Waals surface area contributed by atoms with Crippen molar-refractivity contribution in [3.63, 3.8) is 0 Å². The van der Waals surface area contributed by atoms with Gasteiger partial charge >= 0.3 is 0 Å². The molecule has 4 heteroatoms. The molecule has 3 nitrogen and oxygen atoms in total. The normalized spacial score (nSPS) is 12.3. The molecule has 1 atom stereocenters. The molecule has 0 radical (unpaired) electrons. The Kier molecular flexibility index (Phi) is 5.63. The van der Waals surface area contributed by atoms with E-state index in [0.29, 0.717) is 6.61 Å². The molecule has 0 aliphatic rings. The number of nitrogens with zero attached hydrogens (tertiary/aromatic N) is 1. The Morgan fingerprint density at radius 3 is 2.39 bits per heavy atom. The summed E-state index contributed by atoms with van der Waals surface area (Å²) in [5.41, 5.74) is 3.07. The van der Waals surface area contributed by atoms with E-state index in [1.54, 1.807) is 12.0 Å². The lowest BCUT2D eigenvalue weighted by atomic mass is 10.1. The smallest absolute Gasteiger partial charge is 0.242 e. The Labute approximate surface area is 114 Å². The molecule has 1 aromatic rings. The molecule has 0 saturated carbocycles. The number of alkyl halides is 1. The number of aryl methyl sites for hydroxylation is 2. The molecule has 0 heterocycles. The molecule has 0 aliphatic heterocycles. The molecule has 0 unspecified atom stereocenters. The Morgan fingerprint density at radius 2 is 1.94 bits per heavy atom. The first-order valence-electron chi connectivity index (χ1n) is 5.96. The lowest BCUT2D eigenvalue weighted by Crippen LogP contribution is -2.42. The molecule has 1 rings (SSSR count). The van der Waals surface area contributed by atoms with Crippen molar-refractivity contribution in [2.75, 3.05) is 24.5 Å². The van der Waals surface area contributed by atoms with Gasteiger partial charge in [0.25, 0.3) is 0 Å². The molecule has 0 N–H and O–H groups in total. The Bertz CT molecular complexity index is 400. The van der Waals surface area contributed by atoms with Gasteiger partial charge in [-0.2, -0.15) is 0 Å². The van der Waals surface area contributed by atoms with Gasteiger partial charge in [0.15, 0.2) is 0 Å². The van der Waals surface area contributed by atoms with Crippen molar-refractivity contribution in [3.8, 4) is 0 Å². The Morgan fingerprint density at radius 1 is 1.39 bits per heavy atom. The minimum atomic E-state index is -0.0985. The largest absolute Gasteiger partial charge is 0.383 e. The molecule has 0 aliphatic carbocycles. The van der Waals surface area contributed by atoms with Crippen LogP contribution >= 0.6 is 11.6 Å². The van der Waals surface area contributed by atoms with Gasteiger partial charge in [0, 0.05) is 12.8 Å². The second-order valence-electron chi connectivity index (χ2n) is 4.44. The lowest BCUT2D eigenvalue weighted by molar-refractivity contribution is -0.116. The number of hydrogen-bond donors (Lipinski definition) is 0. The van der Waals surface area contributed by atoms with Gasteiger partial charge in [0.1, 0.15) is 5.88 Å². The zero-order chi connectivity index (χ0) is 13.7. The Hall–Kier alpha value is -1.06. The summed E-state index contributed by atoms with van der Waals surface area (Å²) >= 11 is 5.71. The molecule has 0 fully saturated rings. The van der Waals surface area contributed by atoms with Crippen LogP contribution in [0.3, 0.4) is 0 Å². The first-order valence-corrected chi connectivity index (χ1v) is 6.49. The summed E-state index contributed by atoms with van der Waals surface area (Å²) in [6.45, 7) is 6.43. The van der Waals surface area contributed by atoms with Crippen LogP contribution in [0.15, 0.2) is 18.2 Å². The molecule has 1 amide bonds. The summed E-state index contributed by atoms with van der Waals surface area (Å²) in [6.07, 6.45) is 0. The third-order valence-electron chi connectivity index (χ3n) is 2.91. The maximum atomic E-state index is 12.1. The fraction of sp³-hybridized carbons (Fsp3) is 0.500. The van der Waals surface area contributed by atoms with E-state index < -0.39 is 0 Å². The van der Waals surface area contributed by atoms with E-state index in [4.69, 9.17) is 16.3 Å². The molecule has 0 spiro atoms. The average Bonchev–Trinajstić information content (AvgIpc) is 2.33. The number of carbonyl (C=O) groups excluding carboxylic acids is 1. The van der Waals surface area contributed by atoms with E-state index in [1.807, 2.05) is 39.0 Å². The van der Waals surface area contributed by atoms with Gasteiger partial charge in [0.05, 0.1) is 12.6 Å². The van der Waals surface area contributed by atoms with Crippen molar-refractivity contribution in [2.24, 2.45) is 0 Å². The van der Waals surface area contributed by atoms with Crippen LogP contribution in [0.4, 0.5) is 5.69 Å². The predicted octanol–water partition coefficient (Wildman–Crippen LogP) is 2.91. The molecule has 18 heavy (non-hydrogen) atoms. The molecule has 100 valence electrons. The minimum absolute atomic E-state index is 0.0260. The average molecular weight is 270 g/mol. The van der Waals surface area contributed by atoms with Crippen LogP contribution in [0.1, 0.15) is 18.1 Å². The van der Waals surface area contributed by atoms with Crippen LogP contribution in [0.2, 0.25) is 0 Å². The SMILES string of the molecule is COC[C@H](C)N(C(=O)CCl)c1c(C)cccc1C. The van der Waals surface area contributed by atoms with Crippen LogP contribution in [-0.4, -0.2) is 31.5 Å². The molecule has 0 saturated heterocycles. The first kappa shape index (κ1) is 15.0. The van der Waals surface area contributed by atoms with E-state index in [2.05, 4.69) is 0 Å². The fourth-order valence-electron chi connectivity index (χ4n) is 2.16. The lowest BCUT2D eigenvalue weighted by Gasteiger charge is -2.31. The van der Waals surface area contributed by atoms with E-state index in [-0.39, 0.29) is 17.8 Å². The summed E-state index contributed by atoms with van der Waals surface area (Å²) in [4.78, 5) is 13.8. The van der Waals surface area contributed by atoms with Crippen molar-refractivity contribution in [1.82, 2.24) is 0 Å². The zero-order valence-corrected chi connectivity index (χ0v) is 12.1. The minimum Gasteiger partial charge on any atom is -0.383 e. The van der Waals surface area contributed by atoms with E-state index in [1.165, 1.54) is 0 Å². The summed E-state index contributed by atoms with van der Waals surface area (Å²) in [5.74, 6) is -0.124. The first-order chi connectivity index (χ1) is 8.52. The predicted molar refractivity (Wildman–Crippen MR) is 75.5 cm³/mol. The number of amides is 1. The zero-order valence-electron chi connectivity index (χ0n) is 11.4. The number of halogens is 1. The highest BCUT2D eigenvalue weighted by Crippen LogP contribution is 2.26. The molecular weight excluding hydrogens is 250 g/mol. The van der Waals surface area contributed by atoms with E-state index in [9.17, 15) is 4.79 Å². The monoisotopic (exact) mass is 269 g/mol. The second-order valence-corrected chi connectivity index (χ2v) is 4.71. The quantitative estimate of drug-likeness (QED) is 0.770. The third kappa shape index (κ3) is 3.24. The summed E-state index contributed by atoms with van der Waals surface area (Å²) < 4.78 is 5.14. The number of ether oxygens (including phenoxy) is 1. The highest BCUT2D eigenvalue weighted by atomic mass is 35.5. The highest BCUT2D eigenvalue weighted by Gasteiger charge is 2.23. The molecule has 0 aromatic heterocycles. The van der Waals surface area contributed by atoms with Gasteiger partial charge in [-0.25, -0.2) is 0 Å². The van der Waals surface area contributed by atoms with Gasteiger partial charge < -0.3 is 9.64 Å². The number of rotatable bonds is 5. The maximum Gasteiger partial charge on any atom is 0.242 e. The van der Waals surface area contributed by atoms with Crippen molar-refractivity contribution in [2.45, 2.75) is 26.8 Å². The summed E-state index contributed by atoms with van der Waals surface area (Å²) in [7, 11) is 1.63. The van der Waals surface area contributed by atoms with E-state index >= 15 is 0 Å². The van der Waals surface area contributed by atoms with Crippen molar-refractivity contribution in [1.29, 1.82) is 0 Å². The summed E-state index contributed by atoms with van der Waals surface area (Å²) in [5, 5.41) is 0. The van der Waals surface area contributed by atoms with Gasteiger partial charge in [-0.1, -0.05) is 18.2 Å². The number of carbonyl (C=O) groups is 1.